The Bertz CT molecular complexity index is 1060. The van der Waals surface area contributed by atoms with E-state index >= 15 is 0 Å². The van der Waals surface area contributed by atoms with Gasteiger partial charge in [-0.1, -0.05) is 0 Å². The summed E-state index contributed by atoms with van der Waals surface area (Å²) in [5.74, 6) is 0.763. The molecule has 8 heteroatoms. The van der Waals surface area contributed by atoms with Gasteiger partial charge in [0.25, 0.3) is 0 Å². The highest BCUT2D eigenvalue weighted by Gasteiger charge is 2.12. The smallest absolute Gasteiger partial charge is 0.328 e. The van der Waals surface area contributed by atoms with E-state index in [0.717, 1.165) is 11.1 Å². The van der Waals surface area contributed by atoms with Gasteiger partial charge in [0, 0.05) is 5.69 Å². The molecule has 1 heterocycles. The van der Waals surface area contributed by atoms with Gasteiger partial charge in [-0.3, -0.25) is 0 Å². The van der Waals surface area contributed by atoms with E-state index in [4.69, 9.17) is 26.9 Å². The van der Waals surface area contributed by atoms with Gasteiger partial charge in [-0.25, -0.2) is 0 Å². The second-order valence-electron chi connectivity index (χ2n) is 5.68. The first kappa shape index (κ1) is 18.1. The second kappa shape index (κ2) is 7.69. The number of nitrogens with one attached hydrogen (secondary N) is 1. The number of ether oxygens (including phenoxy) is 1. The van der Waals surface area contributed by atoms with Crippen molar-refractivity contribution in [1.82, 2.24) is 15.0 Å². The van der Waals surface area contributed by atoms with E-state index in [1.807, 2.05) is 13.8 Å². The average Bonchev–Trinajstić information content (AvgIpc) is 2.64. The SMILES string of the molecule is Cc1cc(C#N)cc(C)c1Oc1nc(Cl)nc(Nc2ccc(C#N)cc2)n1. The van der Waals surface area contributed by atoms with Gasteiger partial charge in [0.15, 0.2) is 0 Å². The van der Waals surface area contributed by atoms with Gasteiger partial charge in [-0.15, -0.1) is 0 Å². The number of benzene rings is 2. The van der Waals surface area contributed by atoms with Gasteiger partial charge >= 0.3 is 6.01 Å². The van der Waals surface area contributed by atoms with Crippen molar-refractivity contribution < 1.29 is 4.74 Å². The molecule has 0 atom stereocenters. The summed E-state index contributed by atoms with van der Waals surface area (Å²) in [7, 11) is 0. The van der Waals surface area contributed by atoms with E-state index in [1.165, 1.54) is 0 Å². The fourth-order valence-electron chi connectivity index (χ4n) is 2.46. The Kier molecular flexibility index (Phi) is 5.16. The zero-order chi connectivity index (χ0) is 19.4. The van der Waals surface area contributed by atoms with Crippen LogP contribution in [0.3, 0.4) is 0 Å². The summed E-state index contributed by atoms with van der Waals surface area (Å²) in [4.78, 5) is 12.2. The van der Waals surface area contributed by atoms with Gasteiger partial charge in [-0.2, -0.15) is 25.5 Å². The van der Waals surface area contributed by atoms with Gasteiger partial charge in [0.2, 0.25) is 11.2 Å². The number of nitrogens with zero attached hydrogens (tertiary/aromatic N) is 5. The molecule has 3 aromatic rings. The number of halogens is 1. The van der Waals surface area contributed by atoms with Crippen molar-refractivity contribution in [3.8, 4) is 23.9 Å². The fraction of sp³-hybridized carbons (Fsp3) is 0.105. The van der Waals surface area contributed by atoms with Crippen LogP contribution < -0.4 is 10.1 Å². The Morgan fingerprint density at radius 1 is 0.926 bits per heavy atom. The zero-order valence-corrected chi connectivity index (χ0v) is 15.2. The van der Waals surface area contributed by atoms with E-state index in [9.17, 15) is 0 Å². The number of hydrogen-bond donors (Lipinski definition) is 1. The second-order valence-corrected chi connectivity index (χ2v) is 6.02. The third kappa shape index (κ3) is 4.30. The van der Waals surface area contributed by atoms with Crippen LogP contribution in [0.25, 0.3) is 0 Å². The molecule has 3 rings (SSSR count). The standard InChI is InChI=1S/C19H13ClN6O/c1-11-7-14(10-22)8-12(2)16(11)27-19-25-17(20)24-18(26-19)23-15-5-3-13(9-21)4-6-15/h3-8H,1-2H3,(H,23,24,25,26). The highest BCUT2D eigenvalue weighted by molar-refractivity contribution is 6.28. The van der Waals surface area contributed by atoms with Gasteiger partial charge < -0.3 is 10.1 Å². The molecule has 0 spiro atoms. The molecule has 0 radical (unpaired) electrons. The minimum Gasteiger partial charge on any atom is -0.424 e. The van der Waals surface area contributed by atoms with Crippen molar-refractivity contribution >= 4 is 23.2 Å². The molecule has 0 amide bonds. The number of anilines is 2. The van der Waals surface area contributed by atoms with Crippen LogP contribution in [0.15, 0.2) is 36.4 Å². The van der Waals surface area contributed by atoms with Gasteiger partial charge in [0.1, 0.15) is 5.75 Å². The van der Waals surface area contributed by atoms with Crippen molar-refractivity contribution in [3.63, 3.8) is 0 Å². The fourth-order valence-corrected chi connectivity index (χ4v) is 2.61. The van der Waals surface area contributed by atoms with E-state index in [0.29, 0.717) is 22.6 Å². The maximum Gasteiger partial charge on any atom is 0.328 e. The van der Waals surface area contributed by atoms with Crippen LogP contribution in [0.2, 0.25) is 5.28 Å². The number of aromatic nitrogens is 3. The molecule has 0 bridgehead atoms. The first-order chi connectivity index (χ1) is 13.0. The normalized spacial score (nSPS) is 9.96. The van der Waals surface area contributed by atoms with Gasteiger partial charge in [0.05, 0.1) is 23.3 Å². The molecule has 132 valence electrons. The molecule has 2 aromatic carbocycles. The largest absolute Gasteiger partial charge is 0.424 e. The maximum atomic E-state index is 9.05. The Hall–Kier alpha value is -3.68. The van der Waals surface area contributed by atoms with Crippen molar-refractivity contribution in [2.75, 3.05) is 5.32 Å². The lowest BCUT2D eigenvalue weighted by Crippen LogP contribution is -2.03. The summed E-state index contributed by atoms with van der Waals surface area (Å²) in [6.45, 7) is 3.67. The van der Waals surface area contributed by atoms with Crippen LogP contribution in [0.1, 0.15) is 22.3 Å². The zero-order valence-electron chi connectivity index (χ0n) is 14.5. The summed E-state index contributed by atoms with van der Waals surface area (Å²) < 4.78 is 5.80. The van der Waals surface area contributed by atoms with Crippen LogP contribution in [0, 0.1) is 36.5 Å². The monoisotopic (exact) mass is 376 g/mol. The molecule has 1 aromatic heterocycles. The molecule has 0 saturated heterocycles. The minimum atomic E-state index is -0.0277. The van der Waals surface area contributed by atoms with Crippen LogP contribution in [-0.4, -0.2) is 15.0 Å². The molecule has 0 saturated carbocycles. The number of nitriles is 2. The van der Waals surface area contributed by atoms with E-state index in [-0.39, 0.29) is 17.2 Å². The quantitative estimate of drug-likeness (QED) is 0.717. The third-order valence-electron chi connectivity index (χ3n) is 3.64. The average molecular weight is 377 g/mol. The Morgan fingerprint density at radius 3 is 2.15 bits per heavy atom. The summed E-state index contributed by atoms with van der Waals surface area (Å²) in [5, 5.41) is 20.9. The van der Waals surface area contributed by atoms with E-state index in [2.05, 4.69) is 32.4 Å². The van der Waals surface area contributed by atoms with Crippen LogP contribution in [0.4, 0.5) is 11.6 Å². The number of aryl methyl sites for hydroxylation is 2. The van der Waals surface area contributed by atoms with Gasteiger partial charge in [-0.05, 0) is 73.0 Å². The first-order valence-corrected chi connectivity index (χ1v) is 8.24. The van der Waals surface area contributed by atoms with Crippen molar-refractivity contribution in [2.45, 2.75) is 13.8 Å². The lowest BCUT2D eigenvalue weighted by Gasteiger charge is -2.12. The van der Waals surface area contributed by atoms with Crippen LogP contribution in [0.5, 0.6) is 11.8 Å². The highest BCUT2D eigenvalue weighted by Crippen LogP contribution is 2.29. The summed E-state index contributed by atoms with van der Waals surface area (Å²) >= 11 is 5.99. The molecule has 1 N–H and O–H groups in total. The molecule has 0 aliphatic heterocycles. The maximum absolute atomic E-state index is 9.05. The molecular weight excluding hydrogens is 364 g/mol. The molecule has 0 fully saturated rings. The number of rotatable bonds is 4. The van der Waals surface area contributed by atoms with Crippen LogP contribution in [-0.2, 0) is 0 Å². The molecule has 0 aliphatic carbocycles. The molecule has 0 unspecified atom stereocenters. The predicted octanol–water partition coefficient (Wildman–Crippen LogP) is 4.42. The Labute approximate surface area is 160 Å². The first-order valence-electron chi connectivity index (χ1n) is 7.86. The summed E-state index contributed by atoms with van der Waals surface area (Å²) in [6.07, 6.45) is 0. The number of hydrogen-bond acceptors (Lipinski definition) is 7. The summed E-state index contributed by atoms with van der Waals surface area (Å²) in [5.41, 5.74) is 3.35. The van der Waals surface area contributed by atoms with E-state index < -0.39 is 0 Å². The van der Waals surface area contributed by atoms with Crippen molar-refractivity contribution in [3.05, 3.63) is 63.9 Å². The van der Waals surface area contributed by atoms with Crippen molar-refractivity contribution in [2.24, 2.45) is 0 Å². The lowest BCUT2D eigenvalue weighted by atomic mass is 10.1. The molecule has 0 aliphatic rings. The Morgan fingerprint density at radius 2 is 1.56 bits per heavy atom. The van der Waals surface area contributed by atoms with E-state index in [1.54, 1.807) is 36.4 Å². The minimum absolute atomic E-state index is 0.0277. The molecular formula is C19H13ClN6O. The topological polar surface area (TPSA) is 108 Å². The highest BCUT2D eigenvalue weighted by atomic mass is 35.5. The molecule has 7 nitrogen and oxygen atoms in total. The van der Waals surface area contributed by atoms with Crippen LogP contribution >= 0.6 is 11.6 Å². The lowest BCUT2D eigenvalue weighted by molar-refractivity contribution is 0.434. The Balaban J connectivity index is 1.88. The predicted molar refractivity (Wildman–Crippen MR) is 100.0 cm³/mol. The third-order valence-corrected chi connectivity index (χ3v) is 3.81. The summed E-state index contributed by atoms with van der Waals surface area (Å²) in [6, 6.07) is 14.4. The molecule has 27 heavy (non-hydrogen) atoms. The van der Waals surface area contributed by atoms with Crippen molar-refractivity contribution in [1.29, 1.82) is 10.5 Å².